The number of carboxylic acids is 1. The first-order valence-corrected chi connectivity index (χ1v) is 8.65. The summed E-state index contributed by atoms with van der Waals surface area (Å²) in [6.45, 7) is 3.02. The van der Waals surface area contributed by atoms with Crippen LogP contribution in [0.4, 0.5) is 0 Å². The van der Waals surface area contributed by atoms with Gasteiger partial charge in [-0.05, 0) is 42.3 Å². The van der Waals surface area contributed by atoms with Crippen LogP contribution in [0.2, 0.25) is 0 Å². The lowest BCUT2D eigenvalue weighted by atomic mass is 9.93. The second kappa shape index (κ2) is 7.15. The molecule has 2 aromatic carbocycles. The van der Waals surface area contributed by atoms with Gasteiger partial charge in [-0.3, -0.25) is 9.59 Å². The Morgan fingerprint density at radius 3 is 2.52 bits per heavy atom. The number of fused-ring (bicyclic) bond motifs is 1. The van der Waals surface area contributed by atoms with Crippen molar-refractivity contribution in [2.75, 3.05) is 6.54 Å². The van der Waals surface area contributed by atoms with Crippen LogP contribution in [0, 0.1) is 5.41 Å². The fourth-order valence-corrected chi connectivity index (χ4v) is 2.77. The number of rotatable bonds is 5. The molecule has 2 aromatic rings. The highest BCUT2D eigenvalue weighted by Gasteiger charge is 2.30. The number of aliphatic hydroxyl groups is 1. The number of dihydropyridines is 1. The highest BCUT2D eigenvalue weighted by molar-refractivity contribution is 5.91. The number of aliphatic hydroxyl groups excluding tert-OH is 1. The maximum Gasteiger partial charge on any atom is 0.310 e. The van der Waals surface area contributed by atoms with Crippen LogP contribution in [-0.4, -0.2) is 34.7 Å². The van der Waals surface area contributed by atoms with Gasteiger partial charge < -0.3 is 20.8 Å². The van der Waals surface area contributed by atoms with E-state index in [9.17, 15) is 14.7 Å². The fourth-order valence-electron chi connectivity index (χ4n) is 2.77. The quantitative estimate of drug-likeness (QED) is 0.652. The van der Waals surface area contributed by atoms with E-state index in [1.54, 1.807) is 12.3 Å². The molecule has 4 N–H and O–H groups in total. The largest absolute Gasteiger partial charge is 0.510 e. The van der Waals surface area contributed by atoms with Crippen LogP contribution in [0.15, 0.2) is 60.5 Å². The van der Waals surface area contributed by atoms with Gasteiger partial charge in [0, 0.05) is 18.3 Å². The molecule has 1 atom stereocenters. The Kier molecular flexibility index (Phi) is 4.90. The minimum atomic E-state index is -1.09. The summed E-state index contributed by atoms with van der Waals surface area (Å²) in [5.41, 5.74) is 0.585. The molecular formula is C21H22N2O4. The van der Waals surface area contributed by atoms with E-state index < -0.39 is 23.3 Å². The molecule has 0 fully saturated rings. The van der Waals surface area contributed by atoms with Gasteiger partial charge in [-0.15, -0.1) is 0 Å². The third-order valence-corrected chi connectivity index (χ3v) is 4.63. The number of hydrogen-bond acceptors (Lipinski definition) is 4. The molecular weight excluding hydrogens is 344 g/mol. The zero-order valence-corrected chi connectivity index (χ0v) is 15.2. The molecule has 0 radical (unpaired) electrons. The highest BCUT2D eigenvalue weighted by Crippen LogP contribution is 2.25. The van der Waals surface area contributed by atoms with Crippen LogP contribution < -0.4 is 10.6 Å². The van der Waals surface area contributed by atoms with E-state index in [-0.39, 0.29) is 12.3 Å². The third-order valence-electron chi connectivity index (χ3n) is 4.63. The lowest BCUT2D eigenvalue weighted by Gasteiger charge is -2.24. The van der Waals surface area contributed by atoms with Crippen LogP contribution in [0.5, 0.6) is 0 Å². The average molecular weight is 366 g/mol. The Balaban J connectivity index is 1.72. The van der Waals surface area contributed by atoms with Crippen LogP contribution in [0.25, 0.3) is 16.3 Å². The first kappa shape index (κ1) is 18.5. The van der Waals surface area contributed by atoms with Gasteiger partial charge in [-0.1, -0.05) is 36.4 Å². The summed E-state index contributed by atoms with van der Waals surface area (Å²) in [4.78, 5) is 23.4. The van der Waals surface area contributed by atoms with Crippen molar-refractivity contribution >= 4 is 28.2 Å². The van der Waals surface area contributed by atoms with E-state index >= 15 is 0 Å². The van der Waals surface area contributed by atoms with Gasteiger partial charge in [0.15, 0.2) is 6.04 Å². The Labute approximate surface area is 157 Å². The van der Waals surface area contributed by atoms with Crippen molar-refractivity contribution in [3.63, 3.8) is 0 Å². The third kappa shape index (κ3) is 3.95. The molecule has 1 heterocycles. The van der Waals surface area contributed by atoms with Crippen molar-refractivity contribution in [1.29, 1.82) is 0 Å². The molecule has 3 rings (SSSR count). The molecule has 140 valence electrons. The summed E-state index contributed by atoms with van der Waals surface area (Å²) in [5, 5.41) is 27.1. The SMILES string of the molecule is CC(C)(CNC(=O)C1NC=C(c2ccc3ccccc3c2)C=C1O)C(=O)O. The number of hydrogen-bond donors (Lipinski definition) is 4. The fraction of sp³-hybridized carbons (Fsp3) is 0.238. The summed E-state index contributed by atoms with van der Waals surface area (Å²) < 4.78 is 0. The minimum Gasteiger partial charge on any atom is -0.510 e. The first-order valence-electron chi connectivity index (χ1n) is 8.65. The number of carbonyl (C=O) groups excluding carboxylic acids is 1. The van der Waals surface area contributed by atoms with Crippen LogP contribution in [0.1, 0.15) is 19.4 Å². The van der Waals surface area contributed by atoms with Gasteiger partial charge in [0.25, 0.3) is 0 Å². The van der Waals surface area contributed by atoms with Crippen molar-refractivity contribution in [3.8, 4) is 0 Å². The summed E-state index contributed by atoms with van der Waals surface area (Å²) in [6.07, 6.45) is 3.23. The van der Waals surface area contributed by atoms with E-state index in [1.165, 1.54) is 13.8 Å². The molecule has 0 spiro atoms. The first-order chi connectivity index (χ1) is 12.8. The second-order valence-corrected chi connectivity index (χ2v) is 7.24. The van der Waals surface area contributed by atoms with Crippen molar-refractivity contribution in [2.45, 2.75) is 19.9 Å². The number of benzene rings is 2. The molecule has 27 heavy (non-hydrogen) atoms. The molecule has 1 unspecified atom stereocenters. The maximum atomic E-state index is 12.3. The molecule has 6 heteroatoms. The van der Waals surface area contributed by atoms with E-state index in [2.05, 4.69) is 10.6 Å². The number of aliphatic carboxylic acids is 1. The number of carbonyl (C=O) groups is 2. The zero-order chi connectivity index (χ0) is 19.6. The van der Waals surface area contributed by atoms with Crippen LogP contribution in [0.3, 0.4) is 0 Å². The monoisotopic (exact) mass is 366 g/mol. The van der Waals surface area contributed by atoms with E-state index in [4.69, 9.17) is 5.11 Å². The zero-order valence-electron chi connectivity index (χ0n) is 15.2. The van der Waals surface area contributed by atoms with Crippen LogP contribution >= 0.6 is 0 Å². The van der Waals surface area contributed by atoms with Crippen molar-refractivity contribution in [3.05, 3.63) is 66.1 Å². The molecule has 1 aliphatic rings. The molecule has 0 aromatic heterocycles. The summed E-state index contributed by atoms with van der Waals surface area (Å²) in [5.74, 6) is -1.60. The standard InChI is InChI=1S/C21H22N2O4/c1-21(2,20(26)27)12-23-19(25)18-17(24)10-16(11-22-18)15-8-7-13-5-3-4-6-14(13)9-15/h3-11,18,22,24H,12H2,1-2H3,(H,23,25)(H,26,27). The van der Waals surface area contributed by atoms with Gasteiger partial charge in [-0.25, -0.2) is 0 Å². The lowest BCUT2D eigenvalue weighted by molar-refractivity contribution is -0.146. The van der Waals surface area contributed by atoms with Crippen molar-refractivity contribution in [2.24, 2.45) is 5.41 Å². The van der Waals surface area contributed by atoms with Gasteiger partial charge in [0.05, 0.1) is 5.41 Å². The summed E-state index contributed by atoms with van der Waals surface area (Å²) in [6, 6.07) is 13.0. The number of carboxylic acid groups (broad SMARTS) is 1. The molecule has 1 aliphatic heterocycles. The molecule has 0 aliphatic carbocycles. The Morgan fingerprint density at radius 1 is 1.15 bits per heavy atom. The number of nitrogens with one attached hydrogen (secondary N) is 2. The van der Waals surface area contributed by atoms with Gasteiger partial charge in [0.1, 0.15) is 5.76 Å². The van der Waals surface area contributed by atoms with Gasteiger partial charge in [-0.2, -0.15) is 0 Å². The predicted molar refractivity (Wildman–Crippen MR) is 104 cm³/mol. The normalized spacial score (nSPS) is 16.9. The van der Waals surface area contributed by atoms with Crippen molar-refractivity contribution < 1.29 is 19.8 Å². The minimum absolute atomic E-state index is 0.0339. The van der Waals surface area contributed by atoms with E-state index in [0.29, 0.717) is 0 Å². The highest BCUT2D eigenvalue weighted by atomic mass is 16.4. The summed E-state index contributed by atoms with van der Waals surface area (Å²) in [7, 11) is 0. The van der Waals surface area contributed by atoms with Crippen molar-refractivity contribution in [1.82, 2.24) is 10.6 Å². The van der Waals surface area contributed by atoms with Crippen LogP contribution in [-0.2, 0) is 9.59 Å². The molecule has 1 amide bonds. The average Bonchev–Trinajstić information content (AvgIpc) is 2.65. The lowest BCUT2D eigenvalue weighted by Crippen LogP contribution is -2.48. The predicted octanol–water partition coefficient (Wildman–Crippen LogP) is 2.82. The maximum absolute atomic E-state index is 12.3. The topological polar surface area (TPSA) is 98.7 Å². The van der Waals surface area contributed by atoms with Gasteiger partial charge >= 0.3 is 5.97 Å². The van der Waals surface area contributed by atoms with Gasteiger partial charge in [0.2, 0.25) is 5.91 Å². The molecule has 6 nitrogen and oxygen atoms in total. The van der Waals surface area contributed by atoms with E-state index in [1.807, 2.05) is 42.5 Å². The Hall–Kier alpha value is -3.28. The Bertz CT molecular complexity index is 960. The smallest absolute Gasteiger partial charge is 0.310 e. The molecule has 0 saturated carbocycles. The second-order valence-electron chi connectivity index (χ2n) is 7.24. The molecule has 0 bridgehead atoms. The number of amides is 1. The molecule has 0 saturated heterocycles. The van der Waals surface area contributed by atoms with E-state index in [0.717, 1.165) is 21.9 Å². The number of allylic oxidation sites excluding steroid dienone is 2. The summed E-state index contributed by atoms with van der Waals surface area (Å²) >= 11 is 0. The Morgan fingerprint density at radius 2 is 1.85 bits per heavy atom.